The van der Waals surface area contributed by atoms with E-state index >= 15 is 0 Å². The Morgan fingerprint density at radius 3 is 3.00 bits per heavy atom. The number of benzene rings is 1. The van der Waals surface area contributed by atoms with Crippen LogP contribution in [0.15, 0.2) is 35.1 Å². The van der Waals surface area contributed by atoms with Crippen molar-refractivity contribution in [2.75, 3.05) is 0 Å². The van der Waals surface area contributed by atoms with Crippen molar-refractivity contribution in [3.05, 3.63) is 51.2 Å². The highest BCUT2D eigenvalue weighted by Gasteiger charge is 2.07. The monoisotopic (exact) mass is 313 g/mol. The summed E-state index contributed by atoms with van der Waals surface area (Å²) in [6.45, 7) is 0.440. The van der Waals surface area contributed by atoms with Crippen molar-refractivity contribution >= 4 is 33.4 Å². The average Bonchev–Trinajstić information content (AvgIpc) is 2.82. The summed E-state index contributed by atoms with van der Waals surface area (Å²) >= 11 is 9.13. The number of rotatable bonds is 3. The molecule has 0 aliphatic carbocycles. The van der Waals surface area contributed by atoms with Crippen molar-refractivity contribution in [3.63, 3.8) is 0 Å². The van der Waals surface area contributed by atoms with E-state index in [1.165, 1.54) is 0 Å². The lowest BCUT2D eigenvalue weighted by Crippen LogP contribution is -2.22. The zero-order valence-corrected chi connectivity index (χ0v) is 11.0. The smallest absolute Gasteiger partial charge is 0.251 e. The number of halogens is 2. The molecule has 17 heavy (non-hydrogen) atoms. The first kappa shape index (κ1) is 12.1. The van der Waals surface area contributed by atoms with Crippen LogP contribution in [0.4, 0.5) is 0 Å². The zero-order chi connectivity index (χ0) is 12.3. The number of nitrogens with one attached hydrogen (secondary N) is 2. The van der Waals surface area contributed by atoms with Gasteiger partial charge in [0, 0.05) is 28.3 Å². The molecular formula is C11H9BrClN3O. The molecule has 0 atom stereocenters. The Hall–Kier alpha value is -1.33. The molecule has 0 bridgehead atoms. The summed E-state index contributed by atoms with van der Waals surface area (Å²) in [5.74, 6) is -0.149. The van der Waals surface area contributed by atoms with Crippen LogP contribution in [0.25, 0.3) is 0 Å². The predicted octanol–water partition coefficient (Wildman–Crippen LogP) is 2.76. The molecule has 1 aromatic heterocycles. The molecule has 0 saturated carbocycles. The van der Waals surface area contributed by atoms with Gasteiger partial charge in [0.05, 0.1) is 11.2 Å². The van der Waals surface area contributed by atoms with E-state index in [1.54, 1.807) is 30.6 Å². The second-order valence-electron chi connectivity index (χ2n) is 3.42. The van der Waals surface area contributed by atoms with Gasteiger partial charge in [0.15, 0.2) is 0 Å². The first-order valence-corrected chi connectivity index (χ1v) is 6.05. The van der Waals surface area contributed by atoms with Gasteiger partial charge in [0.2, 0.25) is 0 Å². The van der Waals surface area contributed by atoms with Crippen LogP contribution >= 0.6 is 27.5 Å². The number of aromatic nitrogens is 2. The minimum Gasteiger partial charge on any atom is -0.348 e. The lowest BCUT2D eigenvalue weighted by molar-refractivity contribution is 0.0951. The van der Waals surface area contributed by atoms with Crippen LogP contribution in [-0.4, -0.2) is 16.1 Å². The lowest BCUT2D eigenvalue weighted by atomic mass is 10.2. The van der Waals surface area contributed by atoms with Gasteiger partial charge >= 0.3 is 0 Å². The second-order valence-corrected chi connectivity index (χ2v) is 4.68. The summed E-state index contributed by atoms with van der Waals surface area (Å²) in [6.07, 6.45) is 3.40. The second kappa shape index (κ2) is 5.33. The van der Waals surface area contributed by atoms with Crippen molar-refractivity contribution in [2.24, 2.45) is 0 Å². The number of carbonyl (C=O) groups excluding carboxylic acids is 1. The Balaban J connectivity index is 2.02. The standard InChI is InChI=1S/C11H9BrClN3O/c12-9-3-8(1-2-10(9)13)11(17)14-4-7-5-15-16-6-7/h1-3,5-6H,4H2,(H,14,17)(H,15,16). The molecule has 1 aromatic carbocycles. The third kappa shape index (κ3) is 3.08. The summed E-state index contributed by atoms with van der Waals surface area (Å²) in [4.78, 5) is 11.8. The van der Waals surface area contributed by atoms with Gasteiger partial charge in [0.25, 0.3) is 5.91 Å². The average molecular weight is 315 g/mol. The largest absolute Gasteiger partial charge is 0.348 e. The van der Waals surface area contributed by atoms with Crippen LogP contribution in [0.2, 0.25) is 5.02 Å². The van der Waals surface area contributed by atoms with Gasteiger partial charge in [-0.15, -0.1) is 0 Å². The van der Waals surface area contributed by atoms with Gasteiger partial charge in [-0.05, 0) is 34.1 Å². The van der Waals surface area contributed by atoms with E-state index in [4.69, 9.17) is 11.6 Å². The highest BCUT2D eigenvalue weighted by atomic mass is 79.9. The number of amides is 1. The molecule has 0 aliphatic rings. The lowest BCUT2D eigenvalue weighted by Gasteiger charge is -2.04. The molecule has 2 aromatic rings. The van der Waals surface area contributed by atoms with Gasteiger partial charge in [-0.2, -0.15) is 5.10 Å². The molecule has 2 rings (SSSR count). The van der Waals surface area contributed by atoms with Gasteiger partial charge in [-0.25, -0.2) is 0 Å². The van der Waals surface area contributed by atoms with E-state index in [0.29, 0.717) is 21.6 Å². The Kier molecular flexibility index (Phi) is 3.81. The van der Waals surface area contributed by atoms with Crippen molar-refractivity contribution in [2.45, 2.75) is 6.54 Å². The number of nitrogens with zero attached hydrogens (tertiary/aromatic N) is 1. The normalized spacial score (nSPS) is 10.2. The van der Waals surface area contributed by atoms with E-state index in [9.17, 15) is 4.79 Å². The van der Waals surface area contributed by atoms with Crippen LogP contribution in [0.5, 0.6) is 0 Å². The Labute approximate surface area is 111 Å². The molecule has 1 heterocycles. The Morgan fingerprint density at radius 2 is 2.35 bits per heavy atom. The van der Waals surface area contributed by atoms with E-state index in [0.717, 1.165) is 5.56 Å². The number of H-pyrrole nitrogens is 1. The van der Waals surface area contributed by atoms with Gasteiger partial charge < -0.3 is 5.32 Å². The van der Waals surface area contributed by atoms with Gasteiger partial charge in [-0.1, -0.05) is 11.6 Å². The van der Waals surface area contributed by atoms with Crippen molar-refractivity contribution in [1.82, 2.24) is 15.5 Å². The molecule has 6 heteroatoms. The van der Waals surface area contributed by atoms with Gasteiger partial charge in [0.1, 0.15) is 0 Å². The molecule has 4 nitrogen and oxygen atoms in total. The first-order valence-electron chi connectivity index (χ1n) is 4.88. The fourth-order valence-corrected chi connectivity index (χ4v) is 1.79. The Bertz CT molecular complexity index is 528. The fourth-order valence-electron chi connectivity index (χ4n) is 1.30. The molecule has 0 spiro atoms. The van der Waals surface area contributed by atoms with Crippen LogP contribution in [0, 0.1) is 0 Å². The summed E-state index contributed by atoms with van der Waals surface area (Å²) in [5.41, 5.74) is 1.48. The minimum absolute atomic E-state index is 0.149. The number of carbonyl (C=O) groups is 1. The van der Waals surface area contributed by atoms with Crippen LogP contribution < -0.4 is 5.32 Å². The van der Waals surface area contributed by atoms with Crippen molar-refractivity contribution < 1.29 is 4.79 Å². The molecule has 2 N–H and O–H groups in total. The first-order chi connectivity index (χ1) is 8.16. The van der Waals surface area contributed by atoms with Crippen LogP contribution in [-0.2, 0) is 6.54 Å². The van der Waals surface area contributed by atoms with Crippen molar-refractivity contribution in [1.29, 1.82) is 0 Å². The van der Waals surface area contributed by atoms with Crippen molar-refractivity contribution in [3.8, 4) is 0 Å². The van der Waals surface area contributed by atoms with E-state index < -0.39 is 0 Å². The molecule has 0 fully saturated rings. The van der Waals surface area contributed by atoms with E-state index in [-0.39, 0.29) is 5.91 Å². The molecule has 0 aliphatic heterocycles. The highest BCUT2D eigenvalue weighted by molar-refractivity contribution is 9.10. The fraction of sp³-hybridized carbons (Fsp3) is 0.0909. The van der Waals surface area contributed by atoms with Crippen LogP contribution in [0.3, 0.4) is 0 Å². The molecule has 0 saturated heterocycles. The Morgan fingerprint density at radius 1 is 1.53 bits per heavy atom. The van der Waals surface area contributed by atoms with Gasteiger partial charge in [-0.3, -0.25) is 9.89 Å². The quantitative estimate of drug-likeness (QED) is 0.915. The maximum Gasteiger partial charge on any atom is 0.251 e. The van der Waals surface area contributed by atoms with E-state index in [1.807, 2.05) is 0 Å². The third-order valence-corrected chi connectivity index (χ3v) is 3.40. The molecule has 1 amide bonds. The number of hydrogen-bond donors (Lipinski definition) is 2. The highest BCUT2D eigenvalue weighted by Crippen LogP contribution is 2.23. The maximum atomic E-state index is 11.8. The summed E-state index contributed by atoms with van der Waals surface area (Å²) in [5, 5.41) is 9.85. The number of aromatic amines is 1. The number of hydrogen-bond acceptors (Lipinski definition) is 2. The summed E-state index contributed by atoms with van der Waals surface area (Å²) in [7, 11) is 0. The predicted molar refractivity (Wildman–Crippen MR) is 68.9 cm³/mol. The van der Waals surface area contributed by atoms with Crippen LogP contribution in [0.1, 0.15) is 15.9 Å². The summed E-state index contributed by atoms with van der Waals surface area (Å²) in [6, 6.07) is 5.04. The summed E-state index contributed by atoms with van der Waals surface area (Å²) < 4.78 is 0.704. The topological polar surface area (TPSA) is 57.8 Å². The zero-order valence-electron chi connectivity index (χ0n) is 8.71. The molecular weight excluding hydrogens is 305 g/mol. The third-order valence-electron chi connectivity index (χ3n) is 2.19. The molecule has 0 unspecified atom stereocenters. The molecule has 0 radical (unpaired) electrons. The maximum absolute atomic E-state index is 11.8. The SMILES string of the molecule is O=C(NCc1cn[nH]c1)c1ccc(Cl)c(Br)c1. The molecule has 88 valence electrons. The van der Waals surface area contributed by atoms with E-state index in [2.05, 4.69) is 31.4 Å². The minimum atomic E-state index is -0.149.